The molecule has 0 saturated heterocycles. The number of rotatable bonds is 5. The third-order valence-corrected chi connectivity index (χ3v) is 3.27. The summed E-state index contributed by atoms with van der Waals surface area (Å²) in [5.74, 6) is -2.17. The van der Waals surface area contributed by atoms with Gasteiger partial charge in [-0.05, 0) is 12.1 Å². The van der Waals surface area contributed by atoms with E-state index in [1.807, 2.05) is 0 Å². The number of hydrogen-bond acceptors (Lipinski definition) is 5. The van der Waals surface area contributed by atoms with Gasteiger partial charge in [-0.2, -0.15) is 8.78 Å². The molecular formula is C12H10F2N4S2. The van der Waals surface area contributed by atoms with Crippen LogP contribution in [-0.4, -0.2) is 20.7 Å². The highest BCUT2D eigenvalue weighted by molar-refractivity contribution is 7.99. The number of alkyl halides is 2. The number of para-hydroxylation sites is 1. The van der Waals surface area contributed by atoms with Crippen LogP contribution >= 0.6 is 24.0 Å². The van der Waals surface area contributed by atoms with Crippen LogP contribution in [0.3, 0.4) is 0 Å². The summed E-state index contributed by atoms with van der Waals surface area (Å²) < 4.78 is 25.0. The van der Waals surface area contributed by atoms with Crippen molar-refractivity contribution in [1.29, 1.82) is 0 Å². The van der Waals surface area contributed by atoms with E-state index in [9.17, 15) is 8.78 Å². The second kappa shape index (κ2) is 6.58. The lowest BCUT2D eigenvalue weighted by atomic mass is 10.3. The lowest BCUT2D eigenvalue weighted by molar-refractivity contribution is 0.252. The average molecular weight is 312 g/mol. The molecule has 0 amide bonds. The molecule has 1 aromatic heterocycles. The summed E-state index contributed by atoms with van der Waals surface area (Å²) in [6, 6.07) is 6.68. The van der Waals surface area contributed by atoms with Gasteiger partial charge in [0.25, 0.3) is 5.76 Å². The minimum absolute atomic E-state index is 0.0830. The largest absolute Gasteiger partial charge is 0.388 e. The van der Waals surface area contributed by atoms with E-state index in [0.29, 0.717) is 33.9 Å². The van der Waals surface area contributed by atoms with E-state index in [2.05, 4.69) is 15.3 Å². The number of hydrogen-bond donors (Lipinski definition) is 2. The number of thiocarbonyl (C=S) groups is 1. The van der Waals surface area contributed by atoms with Crippen molar-refractivity contribution in [2.24, 2.45) is 5.73 Å². The number of nitrogens with two attached hydrogens (primary N) is 1. The maximum Gasteiger partial charge on any atom is 0.288 e. The van der Waals surface area contributed by atoms with Crippen LogP contribution in [0.5, 0.6) is 0 Å². The molecule has 0 spiro atoms. The van der Waals surface area contributed by atoms with Gasteiger partial charge in [-0.3, -0.25) is 0 Å². The average Bonchev–Trinajstić information content (AvgIpc) is 2.41. The number of anilines is 2. The molecule has 0 bridgehead atoms. The molecule has 0 atom stereocenters. The Balaban J connectivity index is 2.33. The Morgan fingerprint density at radius 2 is 1.95 bits per heavy atom. The molecule has 0 unspecified atom stereocenters. The van der Waals surface area contributed by atoms with Gasteiger partial charge in [0.05, 0.1) is 5.69 Å². The molecule has 0 aliphatic heterocycles. The smallest absolute Gasteiger partial charge is 0.288 e. The van der Waals surface area contributed by atoms with E-state index >= 15 is 0 Å². The summed E-state index contributed by atoms with van der Waals surface area (Å²) >= 11 is 5.33. The summed E-state index contributed by atoms with van der Waals surface area (Å²) in [4.78, 5) is 8.58. The highest BCUT2D eigenvalue weighted by Gasteiger charge is 2.13. The zero-order chi connectivity index (χ0) is 14.5. The molecule has 1 heterocycles. The van der Waals surface area contributed by atoms with E-state index in [-0.39, 0.29) is 4.99 Å². The van der Waals surface area contributed by atoms with E-state index in [4.69, 9.17) is 18.0 Å². The van der Waals surface area contributed by atoms with Gasteiger partial charge in [0.2, 0.25) is 0 Å². The number of nitrogens with one attached hydrogen (secondary N) is 1. The van der Waals surface area contributed by atoms with Gasteiger partial charge in [-0.1, -0.05) is 36.1 Å². The SMILES string of the molecule is NC(=S)c1nccnc1Nc1ccccc1SC(F)F. The number of thioether (sulfide) groups is 1. The highest BCUT2D eigenvalue weighted by Crippen LogP contribution is 2.33. The first kappa shape index (κ1) is 14.6. The zero-order valence-electron chi connectivity index (χ0n) is 10.1. The second-order valence-corrected chi connectivity index (χ2v) is 5.09. The van der Waals surface area contributed by atoms with Crippen LogP contribution in [0.15, 0.2) is 41.6 Å². The Bertz CT molecular complexity index is 622. The Kier molecular flexibility index (Phi) is 4.80. The molecule has 8 heteroatoms. The topological polar surface area (TPSA) is 63.8 Å². The fourth-order valence-corrected chi connectivity index (χ4v) is 2.25. The molecule has 20 heavy (non-hydrogen) atoms. The third kappa shape index (κ3) is 3.61. The molecule has 2 rings (SSSR count). The molecule has 104 valence electrons. The summed E-state index contributed by atoms with van der Waals surface area (Å²) in [6.07, 6.45) is 2.92. The van der Waals surface area contributed by atoms with Crippen molar-refractivity contribution < 1.29 is 8.78 Å². The van der Waals surface area contributed by atoms with Crippen LogP contribution in [0.1, 0.15) is 5.69 Å². The molecule has 0 radical (unpaired) electrons. The Hall–Kier alpha value is -1.80. The maximum absolute atomic E-state index is 12.5. The van der Waals surface area contributed by atoms with Crippen LogP contribution in [-0.2, 0) is 0 Å². The van der Waals surface area contributed by atoms with Crippen molar-refractivity contribution in [3.8, 4) is 0 Å². The Morgan fingerprint density at radius 1 is 1.25 bits per heavy atom. The van der Waals surface area contributed by atoms with Crippen molar-refractivity contribution >= 4 is 40.5 Å². The predicted octanol–water partition coefficient (Wildman–Crippen LogP) is 3.17. The molecule has 3 N–H and O–H groups in total. The summed E-state index contributed by atoms with van der Waals surface area (Å²) in [7, 11) is 0. The van der Waals surface area contributed by atoms with Crippen LogP contribution in [0.4, 0.5) is 20.3 Å². The normalized spacial score (nSPS) is 10.6. The molecule has 1 aromatic carbocycles. The van der Waals surface area contributed by atoms with E-state index < -0.39 is 5.76 Å². The highest BCUT2D eigenvalue weighted by atomic mass is 32.2. The molecule has 0 aliphatic rings. The predicted molar refractivity (Wildman–Crippen MR) is 79.5 cm³/mol. The van der Waals surface area contributed by atoms with Gasteiger partial charge >= 0.3 is 0 Å². The lowest BCUT2D eigenvalue weighted by Crippen LogP contribution is -2.15. The molecular weight excluding hydrogens is 302 g/mol. The van der Waals surface area contributed by atoms with Gasteiger partial charge in [-0.15, -0.1) is 0 Å². The van der Waals surface area contributed by atoms with Crippen molar-refractivity contribution in [3.63, 3.8) is 0 Å². The summed E-state index contributed by atoms with van der Waals surface area (Å²) in [5, 5.41) is 2.93. The van der Waals surface area contributed by atoms with Gasteiger partial charge in [-0.25, -0.2) is 9.97 Å². The van der Waals surface area contributed by atoms with Crippen molar-refractivity contribution in [2.75, 3.05) is 5.32 Å². The van der Waals surface area contributed by atoms with Crippen molar-refractivity contribution in [3.05, 3.63) is 42.4 Å². The van der Waals surface area contributed by atoms with Crippen molar-refractivity contribution in [1.82, 2.24) is 9.97 Å². The quantitative estimate of drug-likeness (QED) is 0.653. The van der Waals surface area contributed by atoms with Crippen LogP contribution in [0, 0.1) is 0 Å². The molecule has 2 aromatic rings. The fourth-order valence-electron chi connectivity index (χ4n) is 1.51. The first-order chi connectivity index (χ1) is 9.58. The third-order valence-electron chi connectivity index (χ3n) is 2.29. The molecule has 4 nitrogen and oxygen atoms in total. The van der Waals surface area contributed by atoms with Crippen LogP contribution < -0.4 is 11.1 Å². The summed E-state index contributed by atoms with van der Waals surface area (Å²) in [5.41, 5.74) is 6.37. The number of benzene rings is 1. The zero-order valence-corrected chi connectivity index (χ0v) is 11.7. The Morgan fingerprint density at radius 3 is 2.65 bits per heavy atom. The van der Waals surface area contributed by atoms with E-state index in [1.165, 1.54) is 12.4 Å². The Labute approximate surface area is 123 Å². The lowest BCUT2D eigenvalue weighted by Gasteiger charge is -2.12. The van der Waals surface area contributed by atoms with Gasteiger partial charge in [0.1, 0.15) is 10.7 Å². The van der Waals surface area contributed by atoms with Gasteiger partial charge in [0.15, 0.2) is 5.82 Å². The van der Waals surface area contributed by atoms with E-state index in [1.54, 1.807) is 24.3 Å². The molecule has 0 fully saturated rings. The van der Waals surface area contributed by atoms with Crippen LogP contribution in [0.25, 0.3) is 0 Å². The first-order valence-electron chi connectivity index (χ1n) is 5.49. The molecule has 0 saturated carbocycles. The van der Waals surface area contributed by atoms with Gasteiger partial charge in [0, 0.05) is 17.3 Å². The number of nitrogens with zero attached hydrogens (tertiary/aromatic N) is 2. The standard InChI is InChI=1S/C12H10F2N4S2/c13-12(14)20-8-4-2-1-3-7(8)18-11-9(10(15)19)16-5-6-17-11/h1-6,12H,(H2,15,19)(H,17,18). The number of aromatic nitrogens is 2. The summed E-state index contributed by atoms with van der Waals surface area (Å²) in [6.45, 7) is 0. The monoisotopic (exact) mass is 312 g/mol. The first-order valence-corrected chi connectivity index (χ1v) is 6.78. The van der Waals surface area contributed by atoms with Crippen LogP contribution in [0.2, 0.25) is 0 Å². The number of halogens is 2. The maximum atomic E-state index is 12.5. The van der Waals surface area contributed by atoms with E-state index in [0.717, 1.165) is 0 Å². The minimum atomic E-state index is -2.50. The minimum Gasteiger partial charge on any atom is -0.388 e. The van der Waals surface area contributed by atoms with Crippen molar-refractivity contribution in [2.45, 2.75) is 10.7 Å². The van der Waals surface area contributed by atoms with Gasteiger partial charge < -0.3 is 11.1 Å². The molecule has 0 aliphatic carbocycles. The second-order valence-electron chi connectivity index (χ2n) is 3.62. The fraction of sp³-hybridized carbons (Fsp3) is 0.0833.